The molecule has 31 heavy (non-hydrogen) atoms. The van der Waals surface area contributed by atoms with Crippen LogP contribution in [0.25, 0.3) is 0 Å². The first kappa shape index (κ1) is 23.8. The Balaban J connectivity index is 2.05. The molecule has 0 aromatic heterocycles. The number of hydrogen-bond acceptors (Lipinski definition) is 4. The van der Waals surface area contributed by atoms with Crippen molar-refractivity contribution in [3.8, 4) is 5.75 Å². The van der Waals surface area contributed by atoms with Gasteiger partial charge >= 0.3 is 6.18 Å². The number of carbonyl (C=O) groups is 1. The largest absolute Gasteiger partial charge is 0.496 e. The lowest BCUT2D eigenvalue weighted by Crippen LogP contribution is -2.55. The first-order valence-corrected chi connectivity index (χ1v) is 11.3. The number of likely N-dealkylation sites (N-methyl/N-ethyl adjacent to an activating group) is 1. The van der Waals surface area contributed by atoms with Crippen LogP contribution in [0.2, 0.25) is 5.02 Å². The molecule has 1 N–H and O–H groups in total. The van der Waals surface area contributed by atoms with E-state index in [1.165, 1.54) is 7.11 Å². The van der Waals surface area contributed by atoms with E-state index < -0.39 is 23.2 Å². The Bertz CT molecular complexity index is 928. The van der Waals surface area contributed by atoms with Gasteiger partial charge in [0.15, 0.2) is 0 Å². The number of likely N-dealkylation sites (tertiary alicyclic amines) is 1. The molecule has 1 unspecified atom stereocenters. The van der Waals surface area contributed by atoms with E-state index in [-0.39, 0.29) is 16.2 Å². The topological polar surface area (TPSA) is 41.6 Å². The molecular weight excluding hydrogens is 449 g/mol. The minimum absolute atomic E-state index is 0.101. The highest BCUT2D eigenvalue weighted by Crippen LogP contribution is 2.39. The van der Waals surface area contributed by atoms with Gasteiger partial charge in [0, 0.05) is 16.5 Å². The Morgan fingerprint density at radius 2 is 1.94 bits per heavy atom. The monoisotopic (exact) mass is 472 g/mol. The number of nitrogens with zero attached hydrogens (tertiary/aromatic N) is 1. The first-order valence-electron chi connectivity index (χ1n) is 9.70. The summed E-state index contributed by atoms with van der Waals surface area (Å²) in [6.07, 6.45) is -1.35. The molecule has 168 valence electrons. The Morgan fingerprint density at radius 3 is 2.48 bits per heavy atom. The molecule has 0 saturated carbocycles. The Hall–Kier alpha value is -1.90. The molecule has 2 aromatic rings. The van der Waals surface area contributed by atoms with Crippen molar-refractivity contribution in [1.82, 2.24) is 10.2 Å². The molecule has 0 spiro atoms. The van der Waals surface area contributed by atoms with Gasteiger partial charge in [-0.1, -0.05) is 23.7 Å². The molecule has 1 fully saturated rings. The van der Waals surface area contributed by atoms with Crippen molar-refractivity contribution in [2.24, 2.45) is 0 Å². The van der Waals surface area contributed by atoms with Crippen molar-refractivity contribution in [1.29, 1.82) is 0 Å². The van der Waals surface area contributed by atoms with Gasteiger partial charge in [0.1, 0.15) is 5.75 Å². The normalized spacial score (nSPS) is 19.8. The number of benzene rings is 2. The Labute approximate surface area is 189 Å². The van der Waals surface area contributed by atoms with E-state index in [1.807, 2.05) is 19.2 Å². The van der Waals surface area contributed by atoms with E-state index in [9.17, 15) is 18.0 Å². The number of amides is 1. The van der Waals surface area contributed by atoms with Crippen LogP contribution < -0.4 is 10.1 Å². The number of rotatable bonds is 5. The highest BCUT2D eigenvalue weighted by Gasteiger charge is 2.39. The van der Waals surface area contributed by atoms with Crippen molar-refractivity contribution >= 4 is 29.3 Å². The fourth-order valence-corrected chi connectivity index (χ4v) is 4.80. The number of methoxy groups -OCH3 is 1. The second-order valence-electron chi connectivity index (χ2n) is 7.64. The molecule has 0 aliphatic carbocycles. The quantitative estimate of drug-likeness (QED) is 0.588. The smallest absolute Gasteiger partial charge is 0.416 e. The number of ether oxygens (including phenoxy) is 1. The van der Waals surface area contributed by atoms with E-state index in [0.717, 1.165) is 42.4 Å². The predicted octanol–water partition coefficient (Wildman–Crippen LogP) is 5.44. The molecule has 1 aliphatic rings. The van der Waals surface area contributed by atoms with E-state index in [0.29, 0.717) is 18.0 Å². The van der Waals surface area contributed by atoms with Gasteiger partial charge in [-0.15, -0.1) is 11.8 Å². The fraction of sp³-hybridized carbons (Fsp3) is 0.409. The number of thioether (sulfide) groups is 1. The molecule has 1 aliphatic heterocycles. The predicted molar refractivity (Wildman–Crippen MR) is 117 cm³/mol. The number of halogens is 4. The van der Waals surface area contributed by atoms with Crippen molar-refractivity contribution < 1.29 is 22.7 Å². The maximum absolute atomic E-state index is 13.5. The summed E-state index contributed by atoms with van der Waals surface area (Å²) < 4.78 is 45.1. The lowest BCUT2D eigenvalue weighted by atomic mass is 9.82. The van der Waals surface area contributed by atoms with Gasteiger partial charge in [-0.2, -0.15) is 13.2 Å². The number of carbonyl (C=O) groups excluding carboxylic acids is 1. The van der Waals surface area contributed by atoms with E-state index in [4.69, 9.17) is 16.3 Å². The van der Waals surface area contributed by atoms with Gasteiger partial charge < -0.3 is 15.0 Å². The van der Waals surface area contributed by atoms with E-state index in [1.54, 1.807) is 18.4 Å². The molecule has 0 bridgehead atoms. The average molecular weight is 473 g/mol. The second-order valence-corrected chi connectivity index (χ2v) is 8.92. The lowest BCUT2D eigenvalue weighted by Gasteiger charge is -2.42. The fourth-order valence-electron chi connectivity index (χ4n) is 4.03. The summed E-state index contributed by atoms with van der Waals surface area (Å²) in [7, 11) is 3.24. The third kappa shape index (κ3) is 5.13. The molecule has 4 nitrogen and oxygen atoms in total. The summed E-state index contributed by atoms with van der Waals surface area (Å²) >= 11 is 7.12. The van der Waals surface area contributed by atoms with Crippen LogP contribution in [0, 0.1) is 0 Å². The van der Waals surface area contributed by atoms with Crippen molar-refractivity contribution in [2.75, 3.05) is 33.5 Å². The van der Waals surface area contributed by atoms with Crippen LogP contribution >= 0.6 is 23.4 Å². The number of nitrogens with one attached hydrogen (secondary N) is 1. The summed E-state index contributed by atoms with van der Waals surface area (Å²) in [5, 5.41) is 3.71. The maximum atomic E-state index is 13.5. The summed E-state index contributed by atoms with van der Waals surface area (Å²) in [6, 6.07) is 9.15. The van der Waals surface area contributed by atoms with Crippen LogP contribution in [-0.2, 0) is 11.7 Å². The van der Waals surface area contributed by atoms with Crippen molar-refractivity contribution in [3.63, 3.8) is 0 Å². The molecule has 1 saturated heterocycles. The van der Waals surface area contributed by atoms with Crippen molar-refractivity contribution in [2.45, 2.75) is 29.5 Å². The van der Waals surface area contributed by atoms with Gasteiger partial charge in [0.2, 0.25) is 0 Å². The minimum atomic E-state index is -4.54. The molecule has 9 heteroatoms. The molecular formula is C22H24ClF3N2O2S. The van der Waals surface area contributed by atoms with Crippen LogP contribution in [0.1, 0.15) is 34.3 Å². The zero-order chi connectivity index (χ0) is 22.8. The molecule has 1 heterocycles. The molecule has 0 radical (unpaired) electrons. The van der Waals surface area contributed by atoms with E-state index in [2.05, 4.69) is 10.2 Å². The van der Waals surface area contributed by atoms with E-state index >= 15 is 0 Å². The third-order valence-electron chi connectivity index (χ3n) is 5.49. The Kier molecular flexibility index (Phi) is 7.13. The van der Waals surface area contributed by atoms with Crippen LogP contribution in [0.5, 0.6) is 5.75 Å². The number of piperidine rings is 1. The lowest BCUT2D eigenvalue weighted by molar-refractivity contribution is -0.137. The third-order valence-corrected chi connectivity index (χ3v) is 6.51. The minimum Gasteiger partial charge on any atom is -0.496 e. The zero-order valence-electron chi connectivity index (χ0n) is 17.5. The second kappa shape index (κ2) is 9.30. The molecule has 2 aromatic carbocycles. The van der Waals surface area contributed by atoms with Gasteiger partial charge in [0.05, 0.1) is 23.8 Å². The zero-order valence-corrected chi connectivity index (χ0v) is 19.0. The Morgan fingerprint density at radius 1 is 1.26 bits per heavy atom. The van der Waals surface area contributed by atoms with Gasteiger partial charge in [-0.05, 0) is 62.5 Å². The van der Waals surface area contributed by atoms with Crippen LogP contribution in [-0.4, -0.2) is 44.3 Å². The first-order chi connectivity index (χ1) is 14.6. The van der Waals surface area contributed by atoms with Crippen LogP contribution in [0.15, 0.2) is 41.3 Å². The number of hydrogen-bond donors (Lipinski definition) is 1. The summed E-state index contributed by atoms with van der Waals surface area (Å²) in [5.74, 6) is -0.577. The van der Waals surface area contributed by atoms with Crippen molar-refractivity contribution in [3.05, 3.63) is 58.1 Å². The standard InChI is InChI=1S/C22H24ClF3N2O2S/c1-28-10-4-9-21(13-28,14-5-7-16(23)8-6-14)27-20(29)19-17(30-2)11-15(22(24,25)26)12-18(19)31-3/h5-8,11-12H,4,9-10,13H2,1-3H3,(H,27,29). The molecule has 1 amide bonds. The summed E-state index contributed by atoms with van der Waals surface area (Å²) in [6.45, 7) is 1.46. The summed E-state index contributed by atoms with van der Waals surface area (Å²) in [4.78, 5) is 15.8. The highest BCUT2D eigenvalue weighted by molar-refractivity contribution is 7.98. The van der Waals surface area contributed by atoms with Gasteiger partial charge in [0.25, 0.3) is 5.91 Å². The van der Waals surface area contributed by atoms with Gasteiger partial charge in [-0.25, -0.2) is 0 Å². The molecule has 1 atom stereocenters. The van der Waals surface area contributed by atoms with Gasteiger partial charge in [-0.3, -0.25) is 4.79 Å². The van der Waals surface area contributed by atoms with Crippen LogP contribution in [0.4, 0.5) is 13.2 Å². The summed E-state index contributed by atoms with van der Waals surface area (Å²) in [5.41, 5.74) is -0.550. The maximum Gasteiger partial charge on any atom is 0.416 e. The average Bonchev–Trinajstić information content (AvgIpc) is 2.72. The number of alkyl halides is 3. The molecule has 3 rings (SSSR count). The SMILES string of the molecule is COc1cc(C(F)(F)F)cc(SC)c1C(=O)NC1(c2ccc(Cl)cc2)CCCN(C)C1. The van der Waals surface area contributed by atoms with Crippen LogP contribution in [0.3, 0.4) is 0 Å². The highest BCUT2D eigenvalue weighted by atomic mass is 35.5.